The van der Waals surface area contributed by atoms with Gasteiger partial charge in [0.05, 0.1) is 25.4 Å². The van der Waals surface area contributed by atoms with Crippen molar-refractivity contribution < 1.29 is 29.6 Å². The van der Waals surface area contributed by atoms with Crippen molar-refractivity contribution in [3.8, 4) is 0 Å². The van der Waals surface area contributed by atoms with Gasteiger partial charge >= 0.3 is 5.97 Å². The number of methoxy groups -OCH3 is 1. The lowest BCUT2D eigenvalue weighted by Crippen LogP contribution is -2.62. The highest BCUT2D eigenvalue weighted by Gasteiger charge is 2.65. The predicted octanol–water partition coefficient (Wildman–Crippen LogP) is 3.68. The lowest BCUT2D eigenvalue weighted by atomic mass is 9.43. The highest BCUT2D eigenvalue weighted by Crippen LogP contribution is 2.68. The van der Waals surface area contributed by atoms with E-state index in [1.54, 1.807) is 0 Å². The fraction of sp³-hybridized carbons (Fsp3) is 0.933. The van der Waals surface area contributed by atoms with Crippen LogP contribution in [-0.4, -0.2) is 58.7 Å². The second-order valence-electron chi connectivity index (χ2n) is 13.9. The quantitative estimate of drug-likeness (QED) is 0.380. The Morgan fingerprint density at radius 3 is 2.35 bits per heavy atom. The van der Waals surface area contributed by atoms with Gasteiger partial charge in [-0.3, -0.25) is 4.79 Å². The number of amides is 1. The zero-order valence-corrected chi connectivity index (χ0v) is 23.8. The van der Waals surface area contributed by atoms with Gasteiger partial charge in [-0.2, -0.15) is 0 Å². The smallest absolute Gasteiger partial charge is 0.328 e. The van der Waals surface area contributed by atoms with Gasteiger partial charge in [0.15, 0.2) is 0 Å². The summed E-state index contributed by atoms with van der Waals surface area (Å²) < 4.78 is 4.85. The van der Waals surface area contributed by atoms with Crippen LogP contribution in [0.15, 0.2) is 0 Å². The van der Waals surface area contributed by atoms with Crippen LogP contribution in [0.5, 0.6) is 0 Å². The third kappa shape index (κ3) is 4.98. The third-order valence-corrected chi connectivity index (χ3v) is 11.8. The summed E-state index contributed by atoms with van der Waals surface area (Å²) in [5, 5.41) is 36.3. The van der Waals surface area contributed by atoms with Gasteiger partial charge in [-0.25, -0.2) is 4.79 Å². The van der Waals surface area contributed by atoms with E-state index in [2.05, 4.69) is 26.1 Å². The van der Waals surface area contributed by atoms with E-state index in [4.69, 9.17) is 4.74 Å². The SMILES string of the molecule is COC(=O)C(NC(=O)CC[C@@H](C)[C@H]1CC[C@H]2[C@@H]3[C@H](O)C[C@@H]4C[C@H](O)CC[C@]4(C)[C@H]3C[C@H](O)[C@]12C)C(C)C. The molecular formula is C30H51NO6. The first kappa shape index (κ1) is 28.8. The van der Waals surface area contributed by atoms with Crippen LogP contribution in [0.3, 0.4) is 0 Å². The summed E-state index contributed by atoms with van der Waals surface area (Å²) in [4.78, 5) is 24.8. The normalized spacial score (nSPS) is 44.8. The molecule has 1 unspecified atom stereocenters. The lowest BCUT2D eigenvalue weighted by Gasteiger charge is -2.63. The van der Waals surface area contributed by atoms with E-state index in [9.17, 15) is 24.9 Å². The first-order chi connectivity index (χ1) is 17.3. The lowest BCUT2D eigenvalue weighted by molar-refractivity contribution is -0.207. The minimum Gasteiger partial charge on any atom is -0.467 e. The predicted molar refractivity (Wildman–Crippen MR) is 141 cm³/mol. The van der Waals surface area contributed by atoms with E-state index in [0.29, 0.717) is 18.8 Å². The van der Waals surface area contributed by atoms with Gasteiger partial charge in [0, 0.05) is 6.42 Å². The molecule has 4 saturated carbocycles. The average Bonchev–Trinajstić information content (AvgIpc) is 3.20. The standard InChI is InChI=1S/C30H51NO6/c1-16(2)27(28(36)37-6)31-25(35)10-7-17(3)20-8-9-21-26-22(15-24(34)30(20,21)5)29(4)12-11-19(32)13-18(29)14-23(26)33/h16-24,26-27,32-34H,7-15H2,1-6H3,(H,31,35)/t17-,18+,19-,20-,21+,22+,23-,24+,26+,27?,29+,30-/m1/s1. The van der Waals surface area contributed by atoms with Gasteiger partial charge in [0.25, 0.3) is 0 Å². The molecule has 4 rings (SSSR count). The van der Waals surface area contributed by atoms with Crippen LogP contribution in [0.4, 0.5) is 0 Å². The summed E-state index contributed by atoms with van der Waals surface area (Å²) >= 11 is 0. The van der Waals surface area contributed by atoms with E-state index in [-0.39, 0.29) is 64.5 Å². The van der Waals surface area contributed by atoms with Crippen LogP contribution in [-0.2, 0) is 14.3 Å². The number of esters is 1. The Hall–Kier alpha value is -1.18. The number of aliphatic hydroxyl groups excluding tert-OH is 3. The van der Waals surface area contributed by atoms with Crippen molar-refractivity contribution in [2.24, 2.45) is 52.3 Å². The number of fused-ring (bicyclic) bond motifs is 5. The zero-order valence-electron chi connectivity index (χ0n) is 23.8. The van der Waals surface area contributed by atoms with Gasteiger partial charge in [-0.15, -0.1) is 0 Å². The minimum atomic E-state index is -0.642. The molecule has 12 atom stereocenters. The highest BCUT2D eigenvalue weighted by molar-refractivity contribution is 5.84. The van der Waals surface area contributed by atoms with Crippen molar-refractivity contribution in [2.75, 3.05) is 7.11 Å². The summed E-state index contributed by atoms with van der Waals surface area (Å²) in [5.41, 5.74) is -0.207. The Balaban J connectivity index is 1.45. The van der Waals surface area contributed by atoms with Gasteiger partial charge in [-0.05, 0) is 104 Å². The summed E-state index contributed by atoms with van der Waals surface area (Å²) in [6, 6.07) is -0.642. The molecule has 4 aliphatic rings. The molecule has 7 heteroatoms. The fourth-order valence-corrected chi connectivity index (χ4v) is 9.56. The van der Waals surface area contributed by atoms with E-state index >= 15 is 0 Å². The zero-order chi connectivity index (χ0) is 27.3. The van der Waals surface area contributed by atoms with Crippen LogP contribution < -0.4 is 5.32 Å². The number of carbonyl (C=O) groups excluding carboxylic acids is 2. The number of rotatable bonds is 7. The molecular weight excluding hydrogens is 470 g/mol. The highest BCUT2D eigenvalue weighted by atomic mass is 16.5. The summed E-state index contributed by atoms with van der Waals surface area (Å²) in [6.45, 7) is 10.6. The Bertz CT molecular complexity index is 848. The van der Waals surface area contributed by atoms with Crippen LogP contribution >= 0.6 is 0 Å². The van der Waals surface area contributed by atoms with Crippen LogP contribution in [0.25, 0.3) is 0 Å². The molecule has 0 saturated heterocycles. The summed E-state index contributed by atoms with van der Waals surface area (Å²) in [6.07, 6.45) is 6.02. The van der Waals surface area contributed by atoms with E-state index in [1.807, 2.05) is 13.8 Å². The van der Waals surface area contributed by atoms with E-state index in [0.717, 1.165) is 44.9 Å². The Morgan fingerprint density at radius 2 is 1.70 bits per heavy atom. The van der Waals surface area contributed by atoms with Crippen LogP contribution in [0, 0.1) is 52.3 Å². The molecule has 0 aromatic carbocycles. The molecule has 0 aromatic heterocycles. The Labute approximate surface area is 223 Å². The molecule has 0 heterocycles. The second kappa shape index (κ2) is 10.8. The summed E-state index contributed by atoms with van der Waals surface area (Å²) in [7, 11) is 1.34. The topological polar surface area (TPSA) is 116 Å². The van der Waals surface area contributed by atoms with Gasteiger partial charge < -0.3 is 25.4 Å². The van der Waals surface area contributed by atoms with E-state index < -0.39 is 18.1 Å². The Morgan fingerprint density at radius 1 is 1.00 bits per heavy atom. The second-order valence-corrected chi connectivity index (χ2v) is 13.9. The molecule has 212 valence electrons. The maximum Gasteiger partial charge on any atom is 0.328 e. The number of ether oxygens (including phenoxy) is 1. The van der Waals surface area contributed by atoms with E-state index in [1.165, 1.54) is 7.11 Å². The number of aliphatic hydroxyl groups is 3. The van der Waals surface area contributed by atoms with Gasteiger partial charge in [0.1, 0.15) is 6.04 Å². The monoisotopic (exact) mass is 521 g/mol. The van der Waals surface area contributed by atoms with Crippen molar-refractivity contribution in [1.82, 2.24) is 5.32 Å². The number of hydrogen-bond acceptors (Lipinski definition) is 6. The molecule has 1 amide bonds. The molecule has 4 N–H and O–H groups in total. The minimum absolute atomic E-state index is 0.0514. The number of nitrogens with one attached hydrogen (secondary N) is 1. The Kier molecular flexibility index (Phi) is 8.39. The molecule has 0 spiro atoms. The first-order valence-corrected chi connectivity index (χ1v) is 14.8. The van der Waals surface area contributed by atoms with Gasteiger partial charge in [0.2, 0.25) is 5.91 Å². The largest absolute Gasteiger partial charge is 0.467 e. The molecule has 0 aromatic rings. The van der Waals surface area contributed by atoms with Crippen molar-refractivity contribution in [2.45, 2.75) is 117 Å². The first-order valence-electron chi connectivity index (χ1n) is 14.8. The summed E-state index contributed by atoms with van der Waals surface area (Å²) in [5.74, 6) is 0.989. The maximum atomic E-state index is 12.7. The fourth-order valence-electron chi connectivity index (χ4n) is 9.56. The molecule has 0 aliphatic heterocycles. The molecule has 4 aliphatic carbocycles. The van der Waals surface area contributed by atoms with Crippen LogP contribution in [0.1, 0.15) is 92.4 Å². The van der Waals surface area contributed by atoms with Crippen molar-refractivity contribution in [3.63, 3.8) is 0 Å². The number of hydrogen-bond donors (Lipinski definition) is 4. The molecule has 4 fully saturated rings. The molecule has 37 heavy (non-hydrogen) atoms. The van der Waals surface area contributed by atoms with Crippen molar-refractivity contribution in [1.29, 1.82) is 0 Å². The molecule has 0 radical (unpaired) electrons. The maximum absolute atomic E-state index is 12.7. The van der Waals surface area contributed by atoms with Crippen molar-refractivity contribution in [3.05, 3.63) is 0 Å². The van der Waals surface area contributed by atoms with Crippen LogP contribution in [0.2, 0.25) is 0 Å². The number of carbonyl (C=O) groups is 2. The average molecular weight is 522 g/mol. The van der Waals surface area contributed by atoms with Crippen molar-refractivity contribution >= 4 is 11.9 Å². The molecule has 0 bridgehead atoms. The third-order valence-electron chi connectivity index (χ3n) is 11.8. The molecule has 7 nitrogen and oxygen atoms in total. The van der Waals surface area contributed by atoms with Gasteiger partial charge in [-0.1, -0.05) is 34.6 Å².